The molecule has 1 aromatic carbocycles. The summed E-state index contributed by atoms with van der Waals surface area (Å²) in [6.07, 6.45) is 1.74. The fraction of sp³-hybridized carbons (Fsp3) is 0.385. The molecule has 0 saturated carbocycles. The Bertz CT molecular complexity index is 494. The van der Waals surface area contributed by atoms with Gasteiger partial charge in [-0.15, -0.1) is 31.4 Å². The van der Waals surface area contributed by atoms with Crippen molar-refractivity contribution in [2.75, 3.05) is 26.2 Å². The standard InChI is InChI=1S/C13H16ClN3O2.2ClH/c1-2-12(16-7-5-15-6-8-16)11-9-10(14)3-4-13(11)17(18)19;;/h2-4,9,12,15H,1,5-8H2;2*1H/t12-;;/m0../s1. The van der Waals surface area contributed by atoms with Crippen molar-refractivity contribution in [2.45, 2.75) is 6.04 Å². The van der Waals surface area contributed by atoms with E-state index in [1.54, 1.807) is 18.2 Å². The molecule has 0 spiro atoms. The van der Waals surface area contributed by atoms with Crippen molar-refractivity contribution < 1.29 is 4.92 Å². The van der Waals surface area contributed by atoms with E-state index in [2.05, 4.69) is 16.8 Å². The summed E-state index contributed by atoms with van der Waals surface area (Å²) < 4.78 is 0. The number of piperazine rings is 1. The fourth-order valence-electron chi connectivity index (χ4n) is 2.36. The van der Waals surface area contributed by atoms with Gasteiger partial charge in [0.1, 0.15) is 0 Å². The van der Waals surface area contributed by atoms with E-state index in [9.17, 15) is 10.1 Å². The molecule has 0 unspecified atom stereocenters. The highest BCUT2D eigenvalue weighted by atomic mass is 35.5. The molecule has 0 bridgehead atoms. The van der Waals surface area contributed by atoms with E-state index >= 15 is 0 Å². The number of rotatable bonds is 4. The first-order chi connectivity index (χ1) is 9.13. The van der Waals surface area contributed by atoms with Crippen LogP contribution in [-0.4, -0.2) is 36.0 Å². The van der Waals surface area contributed by atoms with Gasteiger partial charge in [-0.3, -0.25) is 15.0 Å². The third-order valence-electron chi connectivity index (χ3n) is 3.27. The highest BCUT2D eigenvalue weighted by Crippen LogP contribution is 2.32. The molecular weight excluding hydrogens is 337 g/mol. The van der Waals surface area contributed by atoms with Crippen LogP contribution in [0.1, 0.15) is 11.6 Å². The van der Waals surface area contributed by atoms with Crippen LogP contribution in [0.15, 0.2) is 30.9 Å². The topological polar surface area (TPSA) is 58.4 Å². The van der Waals surface area contributed by atoms with Gasteiger partial charge in [0.2, 0.25) is 0 Å². The van der Waals surface area contributed by atoms with Gasteiger partial charge in [-0.05, 0) is 12.1 Å². The lowest BCUT2D eigenvalue weighted by molar-refractivity contribution is -0.385. The largest absolute Gasteiger partial charge is 0.314 e. The van der Waals surface area contributed by atoms with Gasteiger partial charge in [-0.1, -0.05) is 17.7 Å². The van der Waals surface area contributed by atoms with Gasteiger partial charge in [-0.2, -0.15) is 0 Å². The zero-order valence-corrected chi connectivity index (χ0v) is 13.7. The minimum Gasteiger partial charge on any atom is -0.314 e. The number of halogens is 3. The van der Waals surface area contributed by atoms with Crippen LogP contribution < -0.4 is 5.32 Å². The predicted octanol–water partition coefficient (Wildman–Crippen LogP) is 3.22. The van der Waals surface area contributed by atoms with Gasteiger partial charge in [0.05, 0.1) is 16.5 Å². The monoisotopic (exact) mass is 353 g/mol. The van der Waals surface area contributed by atoms with E-state index in [1.165, 1.54) is 6.07 Å². The Morgan fingerprint density at radius 1 is 1.38 bits per heavy atom. The van der Waals surface area contributed by atoms with Crippen molar-refractivity contribution in [1.29, 1.82) is 0 Å². The van der Waals surface area contributed by atoms with Gasteiger partial charge in [0.15, 0.2) is 0 Å². The van der Waals surface area contributed by atoms with E-state index in [-0.39, 0.29) is 41.5 Å². The highest BCUT2D eigenvalue weighted by Gasteiger charge is 2.26. The lowest BCUT2D eigenvalue weighted by atomic mass is 10.0. The smallest absolute Gasteiger partial charge is 0.274 e. The van der Waals surface area contributed by atoms with Gasteiger partial charge in [0, 0.05) is 37.3 Å². The molecule has 8 heteroatoms. The first-order valence-electron chi connectivity index (χ1n) is 6.14. The molecule has 0 amide bonds. The van der Waals surface area contributed by atoms with Crippen molar-refractivity contribution in [3.8, 4) is 0 Å². The zero-order valence-electron chi connectivity index (χ0n) is 11.3. The maximum atomic E-state index is 11.1. The van der Waals surface area contributed by atoms with E-state index in [1.807, 2.05) is 0 Å². The first-order valence-corrected chi connectivity index (χ1v) is 6.52. The van der Waals surface area contributed by atoms with E-state index in [0.29, 0.717) is 10.6 Å². The number of nitrogens with one attached hydrogen (secondary N) is 1. The van der Waals surface area contributed by atoms with Crippen LogP contribution in [0.5, 0.6) is 0 Å². The molecule has 1 atom stereocenters. The minimum atomic E-state index is -0.371. The van der Waals surface area contributed by atoms with E-state index in [0.717, 1.165) is 26.2 Å². The Labute approximate surface area is 141 Å². The third-order valence-corrected chi connectivity index (χ3v) is 3.51. The van der Waals surface area contributed by atoms with Gasteiger partial charge >= 0.3 is 0 Å². The Balaban J connectivity index is 0.00000200. The van der Waals surface area contributed by atoms with E-state index < -0.39 is 0 Å². The molecule has 118 valence electrons. The molecule has 21 heavy (non-hydrogen) atoms. The van der Waals surface area contributed by atoms with Crippen LogP contribution in [0.25, 0.3) is 0 Å². The summed E-state index contributed by atoms with van der Waals surface area (Å²) >= 11 is 5.97. The molecule has 0 aliphatic carbocycles. The summed E-state index contributed by atoms with van der Waals surface area (Å²) in [5, 5.41) is 14.9. The number of benzene rings is 1. The number of nitrogens with zero attached hydrogens (tertiary/aromatic N) is 2. The molecule has 1 aromatic rings. The van der Waals surface area contributed by atoms with Gasteiger partial charge in [0.25, 0.3) is 5.69 Å². The summed E-state index contributed by atoms with van der Waals surface area (Å²) in [5.74, 6) is 0. The van der Waals surface area contributed by atoms with Crippen LogP contribution in [0, 0.1) is 10.1 Å². The molecule has 1 N–H and O–H groups in total. The summed E-state index contributed by atoms with van der Waals surface area (Å²) in [6.45, 7) is 7.23. The van der Waals surface area contributed by atoms with Crippen molar-refractivity contribution in [3.05, 3.63) is 51.6 Å². The Morgan fingerprint density at radius 3 is 2.52 bits per heavy atom. The summed E-state index contributed by atoms with van der Waals surface area (Å²) in [4.78, 5) is 12.9. The van der Waals surface area contributed by atoms with Crippen LogP contribution in [0.3, 0.4) is 0 Å². The van der Waals surface area contributed by atoms with E-state index in [4.69, 9.17) is 11.6 Å². The molecule has 1 aliphatic heterocycles. The number of nitro groups is 1. The molecule has 1 aliphatic rings. The normalized spacial score (nSPS) is 16.2. The molecule has 2 rings (SSSR count). The Hall–Kier alpha value is -0.850. The number of hydrogen-bond acceptors (Lipinski definition) is 4. The zero-order chi connectivity index (χ0) is 13.8. The van der Waals surface area contributed by atoms with Crippen LogP contribution in [-0.2, 0) is 0 Å². The second kappa shape index (κ2) is 9.23. The molecule has 5 nitrogen and oxygen atoms in total. The lowest BCUT2D eigenvalue weighted by Crippen LogP contribution is -2.44. The lowest BCUT2D eigenvalue weighted by Gasteiger charge is -2.33. The van der Waals surface area contributed by atoms with Crippen molar-refractivity contribution >= 4 is 42.1 Å². The Morgan fingerprint density at radius 2 is 2.00 bits per heavy atom. The average Bonchev–Trinajstić information content (AvgIpc) is 2.40. The van der Waals surface area contributed by atoms with Crippen molar-refractivity contribution in [1.82, 2.24) is 10.2 Å². The van der Waals surface area contributed by atoms with Crippen LogP contribution in [0.4, 0.5) is 5.69 Å². The predicted molar refractivity (Wildman–Crippen MR) is 90.0 cm³/mol. The maximum absolute atomic E-state index is 11.1. The van der Waals surface area contributed by atoms with Gasteiger partial charge in [-0.25, -0.2) is 0 Å². The number of nitro benzene ring substituents is 1. The summed E-state index contributed by atoms with van der Waals surface area (Å²) in [5.41, 5.74) is 0.697. The minimum absolute atomic E-state index is 0. The molecule has 0 aromatic heterocycles. The maximum Gasteiger partial charge on any atom is 0.274 e. The summed E-state index contributed by atoms with van der Waals surface area (Å²) in [7, 11) is 0. The molecule has 1 fully saturated rings. The molecule has 1 saturated heterocycles. The van der Waals surface area contributed by atoms with Crippen LogP contribution >= 0.6 is 36.4 Å². The number of hydrogen-bond donors (Lipinski definition) is 1. The average molecular weight is 355 g/mol. The highest BCUT2D eigenvalue weighted by molar-refractivity contribution is 6.30. The third kappa shape index (κ3) is 4.83. The first kappa shape index (κ1) is 20.1. The van der Waals surface area contributed by atoms with Crippen molar-refractivity contribution in [3.63, 3.8) is 0 Å². The van der Waals surface area contributed by atoms with Gasteiger partial charge < -0.3 is 5.32 Å². The second-order valence-electron chi connectivity index (χ2n) is 4.43. The van der Waals surface area contributed by atoms with Crippen LogP contribution in [0.2, 0.25) is 5.02 Å². The summed E-state index contributed by atoms with van der Waals surface area (Å²) in [6, 6.07) is 4.48. The fourth-order valence-corrected chi connectivity index (χ4v) is 2.54. The quantitative estimate of drug-likeness (QED) is 0.512. The molecule has 1 heterocycles. The van der Waals surface area contributed by atoms with Crippen molar-refractivity contribution in [2.24, 2.45) is 0 Å². The SMILES string of the molecule is C=C[C@@H](c1cc(Cl)ccc1[N+](=O)[O-])N1CCNCC1.Cl.Cl. The molecular formula is C13H18Cl3N3O2. The Kier molecular flexibility index (Phi) is 8.85. The second-order valence-corrected chi connectivity index (χ2v) is 4.86. The molecule has 0 radical (unpaired) electrons.